The predicted molar refractivity (Wildman–Crippen MR) is 63.0 cm³/mol. The van der Waals surface area contributed by atoms with Gasteiger partial charge in [0.05, 0.1) is 0 Å². The van der Waals surface area contributed by atoms with Gasteiger partial charge in [-0.3, -0.25) is 0 Å². The number of fused-ring (bicyclic) bond motifs is 1. The van der Waals surface area contributed by atoms with Gasteiger partial charge in [-0.25, -0.2) is 4.39 Å². The highest BCUT2D eigenvalue weighted by Gasteiger charge is 2.12. The van der Waals surface area contributed by atoms with Gasteiger partial charge in [0.1, 0.15) is 11.4 Å². The lowest BCUT2D eigenvalue weighted by atomic mass is 10.0. The van der Waals surface area contributed by atoms with Gasteiger partial charge in [0.2, 0.25) is 0 Å². The number of halogens is 2. The first-order chi connectivity index (χ1) is 8.13. The second kappa shape index (κ2) is 4.84. The van der Waals surface area contributed by atoms with Crippen molar-refractivity contribution in [3.05, 3.63) is 35.6 Å². The van der Waals surface area contributed by atoms with Crippen LogP contribution in [-0.2, 0) is 6.42 Å². The predicted octanol–water partition coefficient (Wildman–Crippen LogP) is 3.25. The minimum absolute atomic E-state index is 0.221. The maximum atomic E-state index is 13.8. The molecule has 2 aromatic rings. The molecule has 0 spiro atoms. The Bertz CT molecular complexity index is 517. The number of hydrogen-bond donors (Lipinski definition) is 1. The number of furan rings is 1. The number of benzene rings is 1. The fraction of sp³-hybridized carbons (Fsp3) is 0.385. The third-order valence-electron chi connectivity index (χ3n) is 3.02. The van der Waals surface area contributed by atoms with E-state index < -0.39 is 6.01 Å². The maximum Gasteiger partial charge on any atom is 0.278 e. The van der Waals surface area contributed by atoms with Crippen LogP contribution in [0.25, 0.3) is 11.0 Å². The second-order valence-electron chi connectivity index (χ2n) is 4.13. The zero-order valence-corrected chi connectivity index (χ0v) is 9.89. The van der Waals surface area contributed by atoms with Gasteiger partial charge in [0, 0.05) is 23.6 Å². The minimum Gasteiger partial charge on any atom is -0.431 e. The Kier molecular flexibility index (Phi) is 3.43. The molecule has 4 heteroatoms. The van der Waals surface area contributed by atoms with Crippen LogP contribution in [0.3, 0.4) is 0 Å². The first-order valence-electron chi connectivity index (χ1n) is 5.68. The monoisotopic (exact) mass is 239 g/mol. The Morgan fingerprint density at radius 3 is 2.71 bits per heavy atom. The van der Waals surface area contributed by atoms with Crippen LogP contribution in [0.5, 0.6) is 0 Å². The molecule has 0 saturated heterocycles. The molecular formula is C13H15F2NO. The average molecular weight is 239 g/mol. The SMILES string of the molecule is CC[C@@H](Cc1cc2cc(F)oc2cc1F)NC. The first-order valence-corrected chi connectivity index (χ1v) is 5.68. The zero-order chi connectivity index (χ0) is 12.4. The van der Waals surface area contributed by atoms with Crippen molar-refractivity contribution in [2.24, 2.45) is 0 Å². The molecule has 92 valence electrons. The smallest absolute Gasteiger partial charge is 0.278 e. The van der Waals surface area contributed by atoms with Crippen LogP contribution in [0.15, 0.2) is 22.6 Å². The number of likely N-dealkylation sites (N-methyl/N-ethyl adjacent to an activating group) is 1. The van der Waals surface area contributed by atoms with Gasteiger partial charge in [-0.05, 0) is 31.5 Å². The van der Waals surface area contributed by atoms with Gasteiger partial charge in [-0.2, -0.15) is 4.39 Å². The molecule has 0 radical (unpaired) electrons. The molecule has 0 aliphatic rings. The number of nitrogens with one attached hydrogen (secondary N) is 1. The van der Waals surface area contributed by atoms with E-state index in [4.69, 9.17) is 4.42 Å². The molecule has 0 bridgehead atoms. The van der Waals surface area contributed by atoms with Crippen molar-refractivity contribution in [2.75, 3.05) is 7.05 Å². The van der Waals surface area contributed by atoms with Gasteiger partial charge >= 0.3 is 0 Å². The van der Waals surface area contributed by atoms with E-state index in [1.807, 2.05) is 14.0 Å². The van der Waals surface area contributed by atoms with E-state index in [0.29, 0.717) is 17.4 Å². The molecule has 0 amide bonds. The van der Waals surface area contributed by atoms with Gasteiger partial charge in [0.25, 0.3) is 6.01 Å². The Balaban J connectivity index is 2.36. The Labute approximate surface area is 98.6 Å². The van der Waals surface area contributed by atoms with Crippen LogP contribution in [0.1, 0.15) is 18.9 Å². The lowest BCUT2D eigenvalue weighted by Crippen LogP contribution is -2.26. The molecule has 2 nitrogen and oxygen atoms in total. The zero-order valence-electron chi connectivity index (χ0n) is 9.89. The summed E-state index contributed by atoms with van der Waals surface area (Å²) in [6.07, 6.45) is 1.50. The molecule has 17 heavy (non-hydrogen) atoms. The van der Waals surface area contributed by atoms with Gasteiger partial charge in [-0.1, -0.05) is 6.92 Å². The fourth-order valence-corrected chi connectivity index (χ4v) is 1.95. The van der Waals surface area contributed by atoms with E-state index in [1.54, 1.807) is 6.07 Å². The highest BCUT2D eigenvalue weighted by atomic mass is 19.1. The van der Waals surface area contributed by atoms with Gasteiger partial charge in [0.15, 0.2) is 0 Å². The van der Waals surface area contributed by atoms with Crippen LogP contribution in [0.2, 0.25) is 0 Å². The second-order valence-corrected chi connectivity index (χ2v) is 4.13. The molecule has 1 N–H and O–H groups in total. The fourth-order valence-electron chi connectivity index (χ4n) is 1.95. The molecular weight excluding hydrogens is 224 g/mol. The van der Waals surface area contributed by atoms with Crippen LogP contribution in [-0.4, -0.2) is 13.1 Å². The molecule has 0 fully saturated rings. The molecule has 2 rings (SSSR count). The minimum atomic E-state index is -0.683. The van der Waals surface area contributed by atoms with Crippen molar-refractivity contribution in [1.82, 2.24) is 5.32 Å². The highest BCUT2D eigenvalue weighted by Crippen LogP contribution is 2.23. The normalized spacial score (nSPS) is 13.2. The summed E-state index contributed by atoms with van der Waals surface area (Å²) in [4.78, 5) is 0. The molecule has 1 heterocycles. The topological polar surface area (TPSA) is 25.2 Å². The summed E-state index contributed by atoms with van der Waals surface area (Å²) < 4.78 is 31.4. The van der Waals surface area contributed by atoms with E-state index in [1.165, 1.54) is 12.1 Å². The Morgan fingerprint density at radius 2 is 2.06 bits per heavy atom. The van der Waals surface area contributed by atoms with E-state index in [9.17, 15) is 8.78 Å². The molecule has 0 saturated carbocycles. The molecule has 1 aromatic heterocycles. The third kappa shape index (κ3) is 2.47. The summed E-state index contributed by atoms with van der Waals surface area (Å²) in [5.74, 6) is -0.347. The van der Waals surface area contributed by atoms with Crippen molar-refractivity contribution in [2.45, 2.75) is 25.8 Å². The Morgan fingerprint density at radius 1 is 1.29 bits per heavy atom. The number of hydrogen-bond acceptors (Lipinski definition) is 2. The van der Waals surface area contributed by atoms with Gasteiger partial charge < -0.3 is 9.73 Å². The maximum absolute atomic E-state index is 13.8. The van der Waals surface area contributed by atoms with Crippen molar-refractivity contribution in [3.63, 3.8) is 0 Å². The van der Waals surface area contributed by atoms with E-state index >= 15 is 0 Å². The summed E-state index contributed by atoms with van der Waals surface area (Å²) in [6.45, 7) is 2.04. The standard InChI is InChI=1S/C13H15F2NO/c1-3-10(16-2)5-8-4-9-6-13(15)17-12(9)7-11(8)14/h4,6-7,10,16H,3,5H2,1-2H3/t10-/m0/s1. The van der Waals surface area contributed by atoms with Crippen molar-refractivity contribution < 1.29 is 13.2 Å². The Hall–Kier alpha value is -1.42. The number of rotatable bonds is 4. The van der Waals surface area contributed by atoms with Crippen LogP contribution in [0, 0.1) is 11.8 Å². The largest absolute Gasteiger partial charge is 0.431 e. The lowest BCUT2D eigenvalue weighted by molar-refractivity contribution is 0.380. The summed E-state index contributed by atoms with van der Waals surface area (Å²) in [6, 6.07) is 3.71. The van der Waals surface area contributed by atoms with E-state index in [-0.39, 0.29) is 17.4 Å². The molecule has 0 aliphatic carbocycles. The van der Waals surface area contributed by atoms with Gasteiger partial charge in [-0.15, -0.1) is 0 Å². The van der Waals surface area contributed by atoms with Crippen LogP contribution >= 0.6 is 0 Å². The summed E-state index contributed by atoms with van der Waals surface area (Å²) in [5, 5.41) is 3.72. The van der Waals surface area contributed by atoms with Crippen LogP contribution in [0.4, 0.5) is 8.78 Å². The quantitative estimate of drug-likeness (QED) is 0.886. The van der Waals surface area contributed by atoms with Crippen molar-refractivity contribution >= 4 is 11.0 Å². The molecule has 1 aromatic carbocycles. The van der Waals surface area contributed by atoms with Crippen LogP contribution < -0.4 is 5.32 Å². The average Bonchev–Trinajstić information content (AvgIpc) is 2.65. The molecule has 0 aliphatic heterocycles. The summed E-state index contributed by atoms with van der Waals surface area (Å²) >= 11 is 0. The van der Waals surface area contributed by atoms with E-state index in [0.717, 1.165) is 6.42 Å². The van der Waals surface area contributed by atoms with Crippen molar-refractivity contribution in [3.8, 4) is 0 Å². The van der Waals surface area contributed by atoms with E-state index in [2.05, 4.69) is 5.32 Å². The molecule has 0 unspecified atom stereocenters. The van der Waals surface area contributed by atoms with Crippen molar-refractivity contribution in [1.29, 1.82) is 0 Å². The highest BCUT2D eigenvalue weighted by molar-refractivity contribution is 5.78. The lowest BCUT2D eigenvalue weighted by Gasteiger charge is -2.14. The summed E-state index contributed by atoms with van der Waals surface area (Å²) in [5.41, 5.74) is 0.834. The first kappa shape index (κ1) is 12.0. The summed E-state index contributed by atoms with van der Waals surface area (Å²) in [7, 11) is 1.85. The molecule has 1 atom stereocenters. The third-order valence-corrected chi connectivity index (χ3v) is 3.02.